The first-order valence-electron chi connectivity index (χ1n) is 6.07. The Morgan fingerprint density at radius 1 is 1.33 bits per heavy atom. The van der Waals surface area contributed by atoms with E-state index in [4.69, 9.17) is 5.11 Å². The number of carboxylic acid groups (broad SMARTS) is 1. The number of anilines is 1. The third-order valence-corrected chi connectivity index (χ3v) is 2.66. The molecule has 116 valence electrons. The third kappa shape index (κ3) is 5.33. The number of carbonyl (C=O) groups excluding carboxylic acids is 1. The predicted molar refractivity (Wildman–Crippen MR) is 70.4 cm³/mol. The summed E-state index contributed by atoms with van der Waals surface area (Å²) in [6, 6.07) is 2.38. The first-order chi connectivity index (χ1) is 9.60. The highest BCUT2D eigenvalue weighted by molar-refractivity contribution is 6.01. The molecule has 21 heavy (non-hydrogen) atoms. The Kier molecular flexibility index (Phi) is 5.17. The topological polar surface area (TPSA) is 78.4 Å². The minimum Gasteiger partial charge on any atom is -0.478 e. The summed E-state index contributed by atoms with van der Waals surface area (Å²) in [6.07, 6.45) is -5.55. The van der Waals surface area contributed by atoms with E-state index >= 15 is 0 Å². The third-order valence-electron chi connectivity index (χ3n) is 2.66. The summed E-state index contributed by atoms with van der Waals surface area (Å²) < 4.78 is 36.5. The quantitative estimate of drug-likeness (QED) is 0.799. The molecule has 0 heterocycles. The highest BCUT2D eigenvalue weighted by atomic mass is 19.4. The Hall–Kier alpha value is -2.25. The van der Waals surface area contributed by atoms with Crippen molar-refractivity contribution in [2.75, 3.05) is 5.32 Å². The fraction of sp³-hybridized carbons (Fsp3) is 0.385. The second-order valence-electron chi connectivity index (χ2n) is 4.62. The van der Waals surface area contributed by atoms with Gasteiger partial charge < -0.3 is 15.7 Å². The summed E-state index contributed by atoms with van der Waals surface area (Å²) in [6.45, 7) is 2.80. The van der Waals surface area contributed by atoms with E-state index in [2.05, 4.69) is 10.6 Å². The standard InChI is InChI=1S/C13H15F3N2O3/c1-7-4-3-5-9(11(19)20)10(7)18-12(21)17-8(2)6-13(14,15)16/h3-5,8H,6H2,1-2H3,(H,19,20)(H2,17,18,21). The molecule has 0 saturated carbocycles. The largest absolute Gasteiger partial charge is 0.478 e. The van der Waals surface area contributed by atoms with Crippen LogP contribution in [0, 0.1) is 6.92 Å². The van der Waals surface area contributed by atoms with Gasteiger partial charge in [-0.15, -0.1) is 0 Å². The molecular formula is C13H15F3N2O3. The summed E-state index contributed by atoms with van der Waals surface area (Å²) in [5.74, 6) is -1.24. The van der Waals surface area contributed by atoms with E-state index in [1.165, 1.54) is 19.1 Å². The molecule has 0 saturated heterocycles. The average Bonchev–Trinajstić information content (AvgIpc) is 2.28. The van der Waals surface area contributed by atoms with E-state index in [1.807, 2.05) is 0 Å². The molecule has 0 aliphatic carbocycles. The minimum absolute atomic E-state index is 0.0571. The van der Waals surface area contributed by atoms with Gasteiger partial charge in [0.25, 0.3) is 0 Å². The van der Waals surface area contributed by atoms with Crippen molar-refractivity contribution in [3.63, 3.8) is 0 Å². The van der Waals surface area contributed by atoms with Crippen LogP contribution in [-0.2, 0) is 0 Å². The van der Waals surface area contributed by atoms with Crippen LogP contribution in [-0.4, -0.2) is 29.3 Å². The summed E-state index contributed by atoms with van der Waals surface area (Å²) in [5, 5.41) is 13.4. The number of benzene rings is 1. The number of alkyl halides is 3. The number of urea groups is 1. The van der Waals surface area contributed by atoms with Gasteiger partial charge in [0, 0.05) is 6.04 Å². The molecular weight excluding hydrogens is 289 g/mol. The monoisotopic (exact) mass is 304 g/mol. The zero-order valence-corrected chi connectivity index (χ0v) is 11.4. The zero-order chi connectivity index (χ0) is 16.2. The molecule has 2 amide bonds. The first-order valence-corrected chi connectivity index (χ1v) is 6.07. The Balaban J connectivity index is 2.78. The van der Waals surface area contributed by atoms with Gasteiger partial charge in [-0.25, -0.2) is 9.59 Å². The lowest BCUT2D eigenvalue weighted by Crippen LogP contribution is -2.39. The van der Waals surface area contributed by atoms with Crippen LogP contribution in [0.25, 0.3) is 0 Å². The summed E-state index contributed by atoms with van der Waals surface area (Å²) in [4.78, 5) is 22.7. The fourth-order valence-electron chi connectivity index (χ4n) is 1.78. The van der Waals surface area contributed by atoms with Crippen LogP contribution in [0.5, 0.6) is 0 Å². The Bertz CT molecular complexity index is 544. The van der Waals surface area contributed by atoms with Crippen LogP contribution in [0.15, 0.2) is 18.2 Å². The molecule has 8 heteroatoms. The molecule has 1 aromatic carbocycles. The van der Waals surface area contributed by atoms with Crippen LogP contribution in [0.2, 0.25) is 0 Å². The second-order valence-corrected chi connectivity index (χ2v) is 4.62. The number of halogens is 3. The van der Waals surface area contributed by atoms with Crippen molar-refractivity contribution in [3.05, 3.63) is 29.3 Å². The van der Waals surface area contributed by atoms with Crippen LogP contribution < -0.4 is 10.6 Å². The van der Waals surface area contributed by atoms with E-state index in [0.29, 0.717) is 5.56 Å². The molecule has 5 nitrogen and oxygen atoms in total. The van der Waals surface area contributed by atoms with E-state index in [1.54, 1.807) is 13.0 Å². The number of carboxylic acids is 1. The van der Waals surface area contributed by atoms with Gasteiger partial charge >= 0.3 is 18.2 Å². The summed E-state index contributed by atoms with van der Waals surface area (Å²) >= 11 is 0. The van der Waals surface area contributed by atoms with Gasteiger partial charge in [-0.3, -0.25) is 0 Å². The number of rotatable bonds is 4. The van der Waals surface area contributed by atoms with E-state index in [9.17, 15) is 22.8 Å². The van der Waals surface area contributed by atoms with Crippen molar-refractivity contribution < 1.29 is 27.9 Å². The van der Waals surface area contributed by atoms with Gasteiger partial charge in [-0.2, -0.15) is 13.2 Å². The fourth-order valence-corrected chi connectivity index (χ4v) is 1.78. The molecule has 1 unspecified atom stereocenters. The minimum atomic E-state index is -4.39. The van der Waals surface area contributed by atoms with Gasteiger partial charge in [0.15, 0.2) is 0 Å². The van der Waals surface area contributed by atoms with E-state index in [-0.39, 0.29) is 11.3 Å². The maximum Gasteiger partial charge on any atom is 0.391 e. The highest BCUT2D eigenvalue weighted by Crippen LogP contribution is 2.22. The zero-order valence-electron chi connectivity index (χ0n) is 11.4. The summed E-state index contributed by atoms with van der Waals surface area (Å²) in [7, 11) is 0. The number of carbonyl (C=O) groups is 2. The lowest BCUT2D eigenvalue weighted by atomic mass is 10.1. The van der Waals surface area contributed by atoms with E-state index < -0.39 is 30.6 Å². The van der Waals surface area contributed by atoms with Crippen molar-refractivity contribution in [3.8, 4) is 0 Å². The molecule has 0 spiro atoms. The molecule has 1 aromatic rings. The smallest absolute Gasteiger partial charge is 0.391 e. The molecule has 3 N–H and O–H groups in total. The SMILES string of the molecule is Cc1cccc(C(=O)O)c1NC(=O)NC(C)CC(F)(F)F. The van der Waals surface area contributed by atoms with Crippen LogP contribution in [0.3, 0.4) is 0 Å². The molecule has 0 fully saturated rings. The molecule has 0 aromatic heterocycles. The van der Waals surface area contributed by atoms with Gasteiger partial charge in [0.1, 0.15) is 0 Å². The number of hydrogen-bond acceptors (Lipinski definition) is 2. The van der Waals surface area contributed by atoms with Crippen molar-refractivity contribution in [1.29, 1.82) is 0 Å². The lowest BCUT2D eigenvalue weighted by molar-refractivity contribution is -0.138. The van der Waals surface area contributed by atoms with Gasteiger partial charge in [-0.1, -0.05) is 12.1 Å². The number of aromatic carboxylic acids is 1. The average molecular weight is 304 g/mol. The number of amides is 2. The molecule has 1 rings (SSSR count). The maximum absolute atomic E-state index is 12.2. The van der Waals surface area contributed by atoms with Crippen molar-refractivity contribution in [1.82, 2.24) is 5.32 Å². The lowest BCUT2D eigenvalue weighted by Gasteiger charge is -2.17. The van der Waals surface area contributed by atoms with Gasteiger partial charge in [-0.05, 0) is 25.5 Å². The first kappa shape index (κ1) is 16.8. The number of hydrogen-bond donors (Lipinski definition) is 3. The number of nitrogens with one attached hydrogen (secondary N) is 2. The molecule has 0 bridgehead atoms. The number of para-hydroxylation sites is 1. The van der Waals surface area contributed by atoms with Crippen LogP contribution in [0.4, 0.5) is 23.7 Å². The Morgan fingerprint density at radius 2 is 1.95 bits per heavy atom. The Morgan fingerprint density at radius 3 is 2.48 bits per heavy atom. The normalized spacial score (nSPS) is 12.6. The van der Waals surface area contributed by atoms with Gasteiger partial charge in [0.05, 0.1) is 17.7 Å². The Labute approximate surface area is 119 Å². The summed E-state index contributed by atoms with van der Waals surface area (Å²) in [5.41, 5.74) is 0.420. The molecule has 0 radical (unpaired) electrons. The van der Waals surface area contributed by atoms with Crippen LogP contribution in [0.1, 0.15) is 29.3 Å². The van der Waals surface area contributed by atoms with Crippen molar-refractivity contribution >= 4 is 17.7 Å². The molecule has 1 atom stereocenters. The molecule has 0 aliphatic rings. The molecule has 0 aliphatic heterocycles. The van der Waals surface area contributed by atoms with Crippen molar-refractivity contribution in [2.24, 2.45) is 0 Å². The second kappa shape index (κ2) is 6.47. The van der Waals surface area contributed by atoms with Crippen molar-refractivity contribution in [2.45, 2.75) is 32.5 Å². The highest BCUT2D eigenvalue weighted by Gasteiger charge is 2.30. The predicted octanol–water partition coefficient (Wildman–Crippen LogP) is 3.16. The van der Waals surface area contributed by atoms with E-state index in [0.717, 1.165) is 0 Å². The number of aryl methyl sites for hydroxylation is 1. The maximum atomic E-state index is 12.2. The van der Waals surface area contributed by atoms with Gasteiger partial charge in [0.2, 0.25) is 0 Å². The van der Waals surface area contributed by atoms with Crippen LogP contribution >= 0.6 is 0 Å².